The Bertz CT molecular complexity index is 847. The Morgan fingerprint density at radius 1 is 1.00 bits per heavy atom. The molecule has 31 heavy (non-hydrogen) atoms. The summed E-state index contributed by atoms with van der Waals surface area (Å²) in [6.45, 7) is 3.70. The molecule has 2 aliphatic rings. The zero-order valence-electron chi connectivity index (χ0n) is 17.6. The molecule has 1 atom stereocenters. The highest BCUT2D eigenvalue weighted by Crippen LogP contribution is 2.47. The summed E-state index contributed by atoms with van der Waals surface area (Å²) in [6.07, 6.45) is 2.83. The van der Waals surface area contributed by atoms with Crippen LogP contribution in [0.2, 0.25) is 5.02 Å². The number of halogens is 4. The van der Waals surface area contributed by atoms with Crippen molar-refractivity contribution in [1.82, 2.24) is 4.90 Å². The van der Waals surface area contributed by atoms with Gasteiger partial charge in [0.05, 0.1) is 12.2 Å². The maximum atomic E-state index is 12.7. The predicted molar refractivity (Wildman–Crippen MR) is 118 cm³/mol. The van der Waals surface area contributed by atoms with E-state index in [1.807, 2.05) is 12.1 Å². The number of hydrogen-bond donors (Lipinski definition) is 0. The Kier molecular flexibility index (Phi) is 6.83. The maximum Gasteiger partial charge on any atom is 0.416 e. The lowest BCUT2D eigenvalue weighted by molar-refractivity contribution is -0.137. The molecular weight excluding hydrogens is 423 g/mol. The Balaban J connectivity index is 1.27. The zero-order valence-corrected chi connectivity index (χ0v) is 18.4. The van der Waals surface area contributed by atoms with E-state index in [2.05, 4.69) is 17.0 Å². The van der Waals surface area contributed by atoms with Gasteiger partial charge in [-0.25, -0.2) is 0 Å². The highest BCUT2D eigenvalue weighted by molar-refractivity contribution is 6.30. The largest absolute Gasteiger partial charge is 0.493 e. The lowest BCUT2D eigenvalue weighted by Crippen LogP contribution is -2.42. The first-order chi connectivity index (χ1) is 14.8. The second kappa shape index (κ2) is 9.41. The molecule has 2 nitrogen and oxygen atoms in total. The number of hydrogen-bond acceptors (Lipinski definition) is 2. The van der Waals surface area contributed by atoms with Crippen LogP contribution in [0.15, 0.2) is 48.5 Å². The van der Waals surface area contributed by atoms with Crippen molar-refractivity contribution in [2.75, 3.05) is 26.2 Å². The van der Waals surface area contributed by atoms with Crippen molar-refractivity contribution in [3.63, 3.8) is 0 Å². The molecule has 1 heterocycles. The van der Waals surface area contributed by atoms with E-state index in [1.165, 1.54) is 37.0 Å². The molecule has 1 aliphatic carbocycles. The van der Waals surface area contributed by atoms with Gasteiger partial charge >= 0.3 is 6.18 Å². The van der Waals surface area contributed by atoms with Gasteiger partial charge in [-0.05, 0) is 92.6 Å². The fourth-order valence-electron chi connectivity index (χ4n) is 4.91. The third-order valence-electron chi connectivity index (χ3n) is 6.94. The summed E-state index contributed by atoms with van der Waals surface area (Å²) in [4.78, 5) is 2.53. The third kappa shape index (κ3) is 5.56. The average Bonchev–Trinajstić information content (AvgIpc) is 2.73. The second-order valence-electron chi connectivity index (χ2n) is 9.03. The number of alkyl halides is 3. The van der Waals surface area contributed by atoms with Crippen molar-refractivity contribution in [3.05, 3.63) is 64.7 Å². The minimum absolute atomic E-state index is 0.286. The molecular formula is C25H29ClF3NO. The molecule has 0 unspecified atom stereocenters. The lowest BCUT2D eigenvalue weighted by atomic mass is 9.62. The van der Waals surface area contributed by atoms with Crippen LogP contribution in [0.3, 0.4) is 0 Å². The van der Waals surface area contributed by atoms with Gasteiger partial charge in [-0.3, -0.25) is 0 Å². The summed E-state index contributed by atoms with van der Waals surface area (Å²) in [6, 6.07) is 13.3. The normalized spacial score (nSPS) is 21.5. The molecule has 0 radical (unpaired) electrons. The van der Waals surface area contributed by atoms with Gasteiger partial charge < -0.3 is 9.64 Å². The molecule has 2 fully saturated rings. The minimum atomic E-state index is -4.31. The summed E-state index contributed by atoms with van der Waals surface area (Å²) >= 11 is 6.07. The highest BCUT2D eigenvalue weighted by Gasteiger charge is 2.38. The van der Waals surface area contributed by atoms with Crippen LogP contribution in [0.5, 0.6) is 5.75 Å². The van der Waals surface area contributed by atoms with Gasteiger partial charge in [-0.2, -0.15) is 13.2 Å². The molecule has 0 spiro atoms. The van der Waals surface area contributed by atoms with E-state index >= 15 is 0 Å². The molecule has 0 aromatic heterocycles. The highest BCUT2D eigenvalue weighted by atomic mass is 35.5. The van der Waals surface area contributed by atoms with Crippen LogP contribution in [0.25, 0.3) is 0 Å². The number of rotatable bonds is 7. The first-order valence-electron chi connectivity index (χ1n) is 11.1. The Morgan fingerprint density at radius 2 is 1.71 bits per heavy atom. The molecule has 1 saturated carbocycles. The molecule has 0 amide bonds. The first-order valence-corrected chi connectivity index (χ1v) is 11.5. The van der Waals surface area contributed by atoms with Crippen LogP contribution < -0.4 is 4.74 Å². The maximum absolute atomic E-state index is 12.7. The van der Waals surface area contributed by atoms with Gasteiger partial charge in [0.2, 0.25) is 0 Å². The Hall–Kier alpha value is -1.72. The van der Waals surface area contributed by atoms with Gasteiger partial charge in [0.15, 0.2) is 0 Å². The van der Waals surface area contributed by atoms with Crippen LogP contribution in [0, 0.1) is 5.92 Å². The predicted octanol–water partition coefficient (Wildman–Crippen LogP) is 6.96. The van der Waals surface area contributed by atoms with Crippen molar-refractivity contribution in [3.8, 4) is 5.75 Å². The lowest BCUT2D eigenvalue weighted by Gasteiger charge is -2.44. The monoisotopic (exact) mass is 451 g/mol. The van der Waals surface area contributed by atoms with E-state index in [9.17, 15) is 13.2 Å². The number of nitrogens with zero attached hydrogens (tertiary/aromatic N) is 1. The van der Waals surface area contributed by atoms with E-state index in [0.717, 1.165) is 56.1 Å². The fraction of sp³-hybridized carbons (Fsp3) is 0.520. The standard InChI is InChI=1S/C25H29ClF3NO/c26-22-8-4-20(5-9-22)24(12-2-13-24)14-16-30-15-1-3-19(17-30)18-31-23-10-6-21(7-11-23)25(27,28)29/h4-11,19H,1-3,12-18H2/t19-/m0/s1. The molecule has 0 N–H and O–H groups in total. The minimum Gasteiger partial charge on any atom is -0.493 e. The van der Waals surface area contributed by atoms with E-state index < -0.39 is 11.7 Å². The summed E-state index contributed by atoms with van der Waals surface area (Å²) in [5.74, 6) is 0.908. The first kappa shape index (κ1) is 22.5. The molecule has 1 aliphatic heterocycles. The topological polar surface area (TPSA) is 12.5 Å². The summed E-state index contributed by atoms with van der Waals surface area (Å²) in [5, 5.41) is 0.783. The number of benzene rings is 2. The summed E-state index contributed by atoms with van der Waals surface area (Å²) < 4.78 is 43.9. The van der Waals surface area contributed by atoms with Crippen molar-refractivity contribution >= 4 is 11.6 Å². The van der Waals surface area contributed by atoms with Crippen LogP contribution in [0.1, 0.15) is 49.7 Å². The number of ether oxygens (including phenoxy) is 1. The second-order valence-corrected chi connectivity index (χ2v) is 9.47. The van der Waals surface area contributed by atoms with E-state index in [-0.39, 0.29) is 5.41 Å². The SMILES string of the molecule is FC(F)(F)c1ccc(OC[C@H]2CCCN(CCC3(c4ccc(Cl)cc4)CCC3)C2)cc1. The molecule has 2 aromatic rings. The van der Waals surface area contributed by atoms with E-state index in [0.29, 0.717) is 18.3 Å². The van der Waals surface area contributed by atoms with E-state index in [1.54, 1.807) is 0 Å². The van der Waals surface area contributed by atoms with Crippen molar-refractivity contribution in [2.24, 2.45) is 5.92 Å². The molecule has 2 aromatic carbocycles. The fourth-order valence-corrected chi connectivity index (χ4v) is 5.03. The smallest absolute Gasteiger partial charge is 0.416 e. The third-order valence-corrected chi connectivity index (χ3v) is 7.20. The molecule has 168 valence electrons. The molecule has 6 heteroatoms. The van der Waals surface area contributed by atoms with Gasteiger partial charge in [-0.1, -0.05) is 30.2 Å². The van der Waals surface area contributed by atoms with Crippen LogP contribution in [-0.4, -0.2) is 31.1 Å². The van der Waals surface area contributed by atoms with Crippen LogP contribution in [-0.2, 0) is 11.6 Å². The average molecular weight is 452 g/mol. The van der Waals surface area contributed by atoms with Crippen molar-refractivity contribution in [2.45, 2.75) is 50.1 Å². The summed E-state index contributed by atoms with van der Waals surface area (Å²) in [5.41, 5.74) is 1.05. The van der Waals surface area contributed by atoms with Crippen LogP contribution in [0.4, 0.5) is 13.2 Å². The van der Waals surface area contributed by atoms with Gasteiger partial charge in [0.25, 0.3) is 0 Å². The van der Waals surface area contributed by atoms with Gasteiger partial charge in [0.1, 0.15) is 5.75 Å². The zero-order chi connectivity index (χ0) is 21.9. The summed E-state index contributed by atoms with van der Waals surface area (Å²) in [7, 11) is 0. The number of likely N-dealkylation sites (tertiary alicyclic amines) is 1. The van der Waals surface area contributed by atoms with Crippen LogP contribution >= 0.6 is 11.6 Å². The van der Waals surface area contributed by atoms with Crippen molar-refractivity contribution in [1.29, 1.82) is 0 Å². The quantitative estimate of drug-likeness (QED) is 0.451. The Morgan fingerprint density at radius 3 is 2.32 bits per heavy atom. The van der Waals surface area contributed by atoms with Crippen molar-refractivity contribution < 1.29 is 17.9 Å². The van der Waals surface area contributed by atoms with Gasteiger partial charge in [-0.15, -0.1) is 0 Å². The molecule has 1 saturated heterocycles. The van der Waals surface area contributed by atoms with E-state index in [4.69, 9.17) is 16.3 Å². The number of piperidine rings is 1. The Labute approximate surface area is 187 Å². The van der Waals surface area contributed by atoms with Gasteiger partial charge in [0, 0.05) is 17.5 Å². The molecule has 0 bridgehead atoms. The molecule has 4 rings (SSSR count).